The van der Waals surface area contributed by atoms with E-state index < -0.39 is 0 Å². The Kier molecular flexibility index (Phi) is 4.92. The van der Waals surface area contributed by atoms with E-state index >= 15 is 0 Å². The minimum Gasteiger partial charge on any atom is -0.494 e. The molecule has 0 aromatic heterocycles. The lowest BCUT2D eigenvalue weighted by molar-refractivity contribution is 0.309. The molecule has 0 amide bonds. The summed E-state index contributed by atoms with van der Waals surface area (Å²) < 4.78 is 5.68. The SMILES string of the molecule is CCCCOc1ccc(CC2(C)CSC(C)=N2)cc1. The number of hydrogen-bond acceptors (Lipinski definition) is 3. The molecule has 0 radical (unpaired) electrons. The average Bonchev–Trinajstić information content (AvgIpc) is 2.71. The Labute approximate surface area is 120 Å². The molecule has 0 aliphatic carbocycles. The van der Waals surface area contributed by atoms with E-state index in [2.05, 4.69) is 45.0 Å². The van der Waals surface area contributed by atoms with E-state index in [1.807, 2.05) is 11.8 Å². The van der Waals surface area contributed by atoms with Gasteiger partial charge in [0.25, 0.3) is 0 Å². The summed E-state index contributed by atoms with van der Waals surface area (Å²) >= 11 is 1.87. The third kappa shape index (κ3) is 4.27. The van der Waals surface area contributed by atoms with Gasteiger partial charge in [0.05, 0.1) is 17.2 Å². The van der Waals surface area contributed by atoms with Gasteiger partial charge in [-0.25, -0.2) is 0 Å². The molecule has 0 spiro atoms. The van der Waals surface area contributed by atoms with Crippen LogP contribution in [0.3, 0.4) is 0 Å². The Bertz CT molecular complexity index is 441. The first-order valence-corrected chi connectivity index (χ1v) is 8.01. The van der Waals surface area contributed by atoms with Gasteiger partial charge in [-0.15, -0.1) is 11.8 Å². The minimum atomic E-state index is 0.0688. The van der Waals surface area contributed by atoms with Gasteiger partial charge < -0.3 is 4.74 Å². The highest BCUT2D eigenvalue weighted by atomic mass is 32.2. The highest BCUT2D eigenvalue weighted by molar-refractivity contribution is 8.14. The van der Waals surface area contributed by atoms with Gasteiger partial charge in [0, 0.05) is 5.75 Å². The van der Waals surface area contributed by atoms with Gasteiger partial charge >= 0.3 is 0 Å². The molecule has 1 aliphatic heterocycles. The summed E-state index contributed by atoms with van der Waals surface area (Å²) in [4.78, 5) is 4.75. The fraction of sp³-hybridized carbons (Fsp3) is 0.562. The van der Waals surface area contributed by atoms with E-state index in [-0.39, 0.29) is 5.54 Å². The Morgan fingerprint density at radius 1 is 1.32 bits per heavy atom. The van der Waals surface area contributed by atoms with Crippen LogP contribution in [0, 0.1) is 0 Å². The third-order valence-corrected chi connectivity index (χ3v) is 4.57. The van der Waals surface area contributed by atoms with Gasteiger partial charge in [0.1, 0.15) is 5.75 Å². The van der Waals surface area contributed by atoms with Gasteiger partial charge in [-0.2, -0.15) is 0 Å². The summed E-state index contributed by atoms with van der Waals surface area (Å²) in [5, 5.41) is 1.21. The largest absolute Gasteiger partial charge is 0.494 e. The maximum atomic E-state index is 5.68. The van der Waals surface area contributed by atoms with Crippen LogP contribution in [0.5, 0.6) is 5.75 Å². The zero-order valence-electron chi connectivity index (χ0n) is 12.1. The van der Waals surface area contributed by atoms with E-state index in [9.17, 15) is 0 Å². The van der Waals surface area contributed by atoms with E-state index in [0.717, 1.165) is 31.0 Å². The fourth-order valence-corrected chi connectivity index (χ4v) is 3.24. The molecular formula is C16H23NOS. The van der Waals surface area contributed by atoms with Gasteiger partial charge in [-0.1, -0.05) is 25.5 Å². The smallest absolute Gasteiger partial charge is 0.119 e. The molecule has 0 saturated carbocycles. The molecule has 0 N–H and O–H groups in total. The molecule has 1 heterocycles. The predicted octanol–water partition coefficient (Wildman–Crippen LogP) is 4.33. The van der Waals surface area contributed by atoms with Crippen molar-refractivity contribution in [2.75, 3.05) is 12.4 Å². The molecule has 19 heavy (non-hydrogen) atoms. The molecule has 2 nitrogen and oxygen atoms in total. The molecule has 1 aliphatic rings. The molecule has 0 fully saturated rings. The summed E-state index contributed by atoms with van der Waals surface area (Å²) in [5.41, 5.74) is 1.41. The molecule has 1 unspecified atom stereocenters. The zero-order valence-corrected chi connectivity index (χ0v) is 12.9. The van der Waals surface area contributed by atoms with Crippen molar-refractivity contribution in [3.8, 4) is 5.75 Å². The second-order valence-electron chi connectivity index (χ2n) is 5.44. The molecule has 3 heteroatoms. The van der Waals surface area contributed by atoms with Crippen molar-refractivity contribution >= 4 is 16.8 Å². The van der Waals surface area contributed by atoms with Crippen molar-refractivity contribution in [1.82, 2.24) is 0 Å². The van der Waals surface area contributed by atoms with Crippen LogP contribution in [0.25, 0.3) is 0 Å². The van der Waals surface area contributed by atoms with Crippen LogP contribution in [-0.2, 0) is 6.42 Å². The maximum absolute atomic E-state index is 5.68. The van der Waals surface area contributed by atoms with Crippen LogP contribution >= 0.6 is 11.8 Å². The van der Waals surface area contributed by atoms with Crippen LogP contribution < -0.4 is 4.74 Å². The van der Waals surface area contributed by atoms with Gasteiger partial charge in [-0.05, 0) is 44.4 Å². The average molecular weight is 277 g/mol. The van der Waals surface area contributed by atoms with Crippen LogP contribution in [-0.4, -0.2) is 22.9 Å². The highest BCUT2D eigenvalue weighted by Gasteiger charge is 2.29. The lowest BCUT2D eigenvalue weighted by Gasteiger charge is -2.19. The van der Waals surface area contributed by atoms with Crippen molar-refractivity contribution in [1.29, 1.82) is 0 Å². The molecule has 0 bridgehead atoms. The maximum Gasteiger partial charge on any atom is 0.119 e. The second-order valence-corrected chi connectivity index (χ2v) is 6.61. The number of aliphatic imine (C=N–C) groups is 1. The summed E-state index contributed by atoms with van der Waals surface area (Å²) in [6, 6.07) is 8.49. The molecular weight excluding hydrogens is 254 g/mol. The predicted molar refractivity (Wildman–Crippen MR) is 84.5 cm³/mol. The van der Waals surface area contributed by atoms with E-state index in [1.54, 1.807) is 0 Å². The first-order chi connectivity index (χ1) is 9.11. The monoisotopic (exact) mass is 277 g/mol. The molecule has 1 atom stereocenters. The Hall–Kier alpha value is -0.960. The summed E-state index contributed by atoms with van der Waals surface area (Å²) in [6.07, 6.45) is 3.29. The summed E-state index contributed by atoms with van der Waals surface area (Å²) in [7, 11) is 0. The lowest BCUT2D eigenvalue weighted by atomic mass is 9.95. The summed E-state index contributed by atoms with van der Waals surface area (Å²) in [5.74, 6) is 2.07. The number of thioether (sulfide) groups is 1. The lowest BCUT2D eigenvalue weighted by Crippen LogP contribution is -2.25. The van der Waals surface area contributed by atoms with Crippen molar-refractivity contribution in [2.45, 2.75) is 45.6 Å². The quantitative estimate of drug-likeness (QED) is 0.722. The molecule has 104 valence electrons. The van der Waals surface area contributed by atoms with Crippen molar-refractivity contribution < 1.29 is 4.74 Å². The standard InChI is InChI=1S/C16H23NOS/c1-4-5-10-18-15-8-6-14(7-9-15)11-16(3)12-19-13(2)17-16/h6-9H,4-5,10-12H2,1-3H3. The zero-order chi connectivity index (χ0) is 13.7. The number of unbranched alkanes of at least 4 members (excludes halogenated alkanes) is 1. The minimum absolute atomic E-state index is 0.0688. The van der Waals surface area contributed by atoms with Crippen LogP contribution in [0.15, 0.2) is 29.3 Å². The number of hydrogen-bond donors (Lipinski definition) is 0. The third-order valence-electron chi connectivity index (χ3n) is 3.29. The highest BCUT2D eigenvalue weighted by Crippen LogP contribution is 2.31. The molecule has 1 aromatic rings. The fourth-order valence-electron chi connectivity index (χ4n) is 2.27. The normalized spacial score (nSPS) is 22.4. The van der Waals surface area contributed by atoms with Crippen LogP contribution in [0.4, 0.5) is 0 Å². The van der Waals surface area contributed by atoms with Gasteiger partial charge in [0.2, 0.25) is 0 Å². The van der Waals surface area contributed by atoms with Crippen molar-refractivity contribution in [3.05, 3.63) is 29.8 Å². The summed E-state index contributed by atoms with van der Waals surface area (Å²) in [6.45, 7) is 7.33. The van der Waals surface area contributed by atoms with E-state index in [4.69, 9.17) is 9.73 Å². The molecule has 2 rings (SSSR count). The Balaban J connectivity index is 1.92. The van der Waals surface area contributed by atoms with Crippen LogP contribution in [0.2, 0.25) is 0 Å². The van der Waals surface area contributed by atoms with Crippen molar-refractivity contribution in [2.24, 2.45) is 4.99 Å². The first kappa shape index (κ1) is 14.4. The van der Waals surface area contributed by atoms with Gasteiger partial charge in [0.15, 0.2) is 0 Å². The number of rotatable bonds is 6. The van der Waals surface area contributed by atoms with E-state index in [0.29, 0.717) is 0 Å². The Morgan fingerprint density at radius 2 is 2.05 bits per heavy atom. The number of nitrogens with zero attached hydrogens (tertiary/aromatic N) is 1. The number of benzene rings is 1. The van der Waals surface area contributed by atoms with Crippen LogP contribution in [0.1, 0.15) is 39.2 Å². The van der Waals surface area contributed by atoms with Crippen molar-refractivity contribution in [3.63, 3.8) is 0 Å². The second kappa shape index (κ2) is 6.47. The Morgan fingerprint density at radius 3 is 2.63 bits per heavy atom. The first-order valence-electron chi connectivity index (χ1n) is 7.02. The molecule has 1 aromatic carbocycles. The van der Waals surface area contributed by atoms with Gasteiger partial charge in [-0.3, -0.25) is 4.99 Å². The topological polar surface area (TPSA) is 21.6 Å². The number of ether oxygens (including phenoxy) is 1. The molecule has 0 saturated heterocycles. The van der Waals surface area contributed by atoms with E-state index in [1.165, 1.54) is 17.0 Å².